The molecule has 1 fully saturated rings. The second kappa shape index (κ2) is 10.4. The van der Waals surface area contributed by atoms with Gasteiger partial charge in [0.1, 0.15) is 5.75 Å². The molecule has 3 aliphatic rings. The van der Waals surface area contributed by atoms with Crippen LogP contribution < -0.4 is 10.1 Å². The maximum absolute atomic E-state index is 12.7. The molecule has 3 aliphatic heterocycles. The molecular weight excluding hydrogens is 410 g/mol. The number of ketones is 2. The van der Waals surface area contributed by atoms with Gasteiger partial charge in [0.05, 0.1) is 40.1 Å². The number of methoxy groups -OCH3 is 1. The first-order valence-electron chi connectivity index (χ1n) is 11.2. The van der Waals surface area contributed by atoms with Crippen molar-refractivity contribution in [3.63, 3.8) is 0 Å². The number of ether oxygens (including phenoxy) is 2. The molecule has 0 aliphatic carbocycles. The highest BCUT2D eigenvalue weighted by atomic mass is 16.5. The second-order valence-electron chi connectivity index (χ2n) is 8.70. The maximum Gasteiger partial charge on any atom is 0.235 e. The lowest BCUT2D eigenvalue weighted by Gasteiger charge is -2.33. The number of nitrogens with one attached hydrogen (secondary N) is 1. The van der Waals surface area contributed by atoms with Crippen LogP contribution in [-0.4, -0.2) is 87.0 Å². The number of carbonyl (C=O) groups excluding carboxylic acids is 3. The smallest absolute Gasteiger partial charge is 0.235 e. The van der Waals surface area contributed by atoms with Gasteiger partial charge in [0.25, 0.3) is 0 Å². The Morgan fingerprint density at radius 1 is 1.12 bits per heavy atom. The largest absolute Gasteiger partial charge is 0.497 e. The first-order chi connectivity index (χ1) is 15.5. The molecule has 8 nitrogen and oxygen atoms in total. The van der Waals surface area contributed by atoms with E-state index in [4.69, 9.17) is 9.47 Å². The van der Waals surface area contributed by atoms with Crippen LogP contribution in [0.1, 0.15) is 29.6 Å². The Hall–Kier alpha value is -2.55. The number of rotatable bonds is 7. The molecule has 1 aromatic carbocycles. The number of likely N-dealkylation sites (tertiary alicyclic amines) is 1. The lowest BCUT2D eigenvalue weighted by molar-refractivity contribution is -0.124. The Labute approximate surface area is 188 Å². The summed E-state index contributed by atoms with van der Waals surface area (Å²) < 4.78 is 10.5. The van der Waals surface area contributed by atoms with Crippen LogP contribution in [0.3, 0.4) is 0 Å². The highest BCUT2D eigenvalue weighted by Gasteiger charge is 2.29. The molecule has 0 bridgehead atoms. The van der Waals surface area contributed by atoms with E-state index in [1.807, 2.05) is 29.2 Å². The highest BCUT2D eigenvalue weighted by Crippen LogP contribution is 2.24. The van der Waals surface area contributed by atoms with Crippen molar-refractivity contribution in [2.24, 2.45) is 5.92 Å². The van der Waals surface area contributed by atoms with Crippen LogP contribution in [-0.2, 0) is 14.3 Å². The molecule has 0 radical (unpaired) electrons. The van der Waals surface area contributed by atoms with Gasteiger partial charge in [-0.05, 0) is 62.2 Å². The third kappa shape index (κ3) is 5.43. The molecule has 0 spiro atoms. The standard InChI is InChI=1S/C24H31N3O5/c1-31-20-4-2-17(3-5-20)24(30)18-6-9-26(10-7-18)14-23(29)25-16-27-12-19-8-11-32-15-21(19)22(28)13-27/h2-5,18H,6-16H2,1H3,(H,25,29). The van der Waals surface area contributed by atoms with E-state index in [0.717, 1.165) is 49.2 Å². The Bertz CT molecular complexity index is 887. The summed E-state index contributed by atoms with van der Waals surface area (Å²) in [5, 5.41) is 2.95. The van der Waals surface area contributed by atoms with Crippen molar-refractivity contribution < 1.29 is 23.9 Å². The molecule has 4 rings (SSSR count). The number of carbonyl (C=O) groups is 3. The summed E-state index contributed by atoms with van der Waals surface area (Å²) in [6.45, 7) is 4.23. The summed E-state index contributed by atoms with van der Waals surface area (Å²) >= 11 is 0. The molecule has 0 saturated carbocycles. The van der Waals surface area contributed by atoms with E-state index in [-0.39, 0.29) is 23.4 Å². The number of nitrogens with zero attached hydrogens (tertiary/aromatic N) is 2. The summed E-state index contributed by atoms with van der Waals surface area (Å²) in [6.07, 6.45) is 2.28. The molecule has 32 heavy (non-hydrogen) atoms. The minimum absolute atomic E-state index is 0.0102. The lowest BCUT2D eigenvalue weighted by atomic mass is 9.89. The van der Waals surface area contributed by atoms with Gasteiger partial charge in [-0.15, -0.1) is 0 Å². The maximum atomic E-state index is 12.7. The number of hydrogen-bond donors (Lipinski definition) is 1. The van der Waals surface area contributed by atoms with Gasteiger partial charge in [0.2, 0.25) is 5.91 Å². The van der Waals surface area contributed by atoms with Gasteiger partial charge < -0.3 is 14.8 Å². The van der Waals surface area contributed by atoms with Gasteiger partial charge in [-0.1, -0.05) is 0 Å². The van der Waals surface area contributed by atoms with Gasteiger partial charge in [0.15, 0.2) is 11.6 Å². The average Bonchev–Trinajstić information content (AvgIpc) is 2.83. The van der Waals surface area contributed by atoms with E-state index in [9.17, 15) is 14.4 Å². The molecule has 172 valence electrons. The predicted octanol–water partition coefficient (Wildman–Crippen LogP) is 1.27. The summed E-state index contributed by atoms with van der Waals surface area (Å²) in [5.74, 6) is 0.937. The van der Waals surface area contributed by atoms with Crippen molar-refractivity contribution in [3.8, 4) is 5.75 Å². The van der Waals surface area contributed by atoms with Crippen molar-refractivity contribution in [1.29, 1.82) is 0 Å². The van der Waals surface area contributed by atoms with E-state index in [0.29, 0.717) is 45.1 Å². The molecule has 0 atom stereocenters. The number of hydrogen-bond acceptors (Lipinski definition) is 7. The predicted molar refractivity (Wildman–Crippen MR) is 119 cm³/mol. The van der Waals surface area contributed by atoms with Crippen LogP contribution in [0.4, 0.5) is 0 Å². The SMILES string of the molecule is COc1ccc(C(=O)C2CCN(CC(=O)NCN3CC(=O)C4=C(CCOC4)C3)CC2)cc1. The first kappa shape index (κ1) is 22.6. The Morgan fingerprint density at radius 2 is 1.88 bits per heavy atom. The minimum Gasteiger partial charge on any atom is -0.497 e. The Balaban J connectivity index is 1.19. The third-order valence-electron chi connectivity index (χ3n) is 6.54. The van der Waals surface area contributed by atoms with Crippen molar-refractivity contribution in [3.05, 3.63) is 41.0 Å². The topological polar surface area (TPSA) is 88.2 Å². The fraction of sp³-hybridized carbons (Fsp3) is 0.542. The number of benzene rings is 1. The Kier molecular flexibility index (Phi) is 7.34. The average molecular weight is 442 g/mol. The van der Waals surface area contributed by atoms with Crippen LogP contribution in [0.15, 0.2) is 35.4 Å². The summed E-state index contributed by atoms with van der Waals surface area (Å²) in [7, 11) is 1.61. The molecule has 0 unspecified atom stereocenters. The summed E-state index contributed by atoms with van der Waals surface area (Å²) in [6, 6.07) is 7.24. The van der Waals surface area contributed by atoms with E-state index >= 15 is 0 Å². The molecule has 1 N–H and O–H groups in total. The fourth-order valence-electron chi connectivity index (χ4n) is 4.61. The third-order valence-corrected chi connectivity index (χ3v) is 6.54. The normalized spacial score (nSPS) is 20.7. The molecule has 0 aromatic heterocycles. The molecule has 8 heteroatoms. The van der Waals surface area contributed by atoms with Gasteiger partial charge >= 0.3 is 0 Å². The van der Waals surface area contributed by atoms with Crippen LogP contribution in [0, 0.1) is 5.92 Å². The van der Waals surface area contributed by atoms with Crippen LogP contribution in [0.25, 0.3) is 0 Å². The van der Waals surface area contributed by atoms with Crippen molar-refractivity contribution in [2.75, 3.05) is 59.7 Å². The minimum atomic E-state index is -0.0517. The molecule has 3 heterocycles. The van der Waals surface area contributed by atoms with Crippen LogP contribution in [0.5, 0.6) is 5.75 Å². The number of piperidine rings is 1. The van der Waals surface area contributed by atoms with Gasteiger partial charge in [-0.25, -0.2) is 0 Å². The summed E-state index contributed by atoms with van der Waals surface area (Å²) in [5.41, 5.74) is 2.68. The quantitative estimate of drug-likeness (QED) is 0.638. The van der Waals surface area contributed by atoms with Crippen LogP contribution >= 0.6 is 0 Å². The fourth-order valence-corrected chi connectivity index (χ4v) is 4.61. The second-order valence-corrected chi connectivity index (χ2v) is 8.70. The van der Waals surface area contributed by atoms with Crippen molar-refractivity contribution in [2.45, 2.75) is 19.3 Å². The first-order valence-corrected chi connectivity index (χ1v) is 11.2. The number of Topliss-reactive ketones (excluding diaryl/α,β-unsaturated/α-hetero) is 2. The van der Waals surface area contributed by atoms with E-state index in [1.54, 1.807) is 7.11 Å². The number of amides is 1. The monoisotopic (exact) mass is 441 g/mol. The molecule has 1 aromatic rings. The van der Waals surface area contributed by atoms with E-state index in [1.165, 1.54) is 0 Å². The van der Waals surface area contributed by atoms with Crippen LogP contribution in [0.2, 0.25) is 0 Å². The van der Waals surface area contributed by atoms with E-state index in [2.05, 4.69) is 10.2 Å². The Morgan fingerprint density at radius 3 is 2.59 bits per heavy atom. The zero-order valence-corrected chi connectivity index (χ0v) is 18.6. The molecule has 1 saturated heterocycles. The van der Waals surface area contributed by atoms with Crippen molar-refractivity contribution in [1.82, 2.24) is 15.1 Å². The molecular formula is C24H31N3O5. The van der Waals surface area contributed by atoms with Gasteiger partial charge in [0, 0.05) is 23.6 Å². The van der Waals surface area contributed by atoms with Crippen molar-refractivity contribution >= 4 is 17.5 Å². The van der Waals surface area contributed by atoms with Gasteiger partial charge in [-0.2, -0.15) is 0 Å². The van der Waals surface area contributed by atoms with E-state index < -0.39 is 0 Å². The molecule has 1 amide bonds. The lowest BCUT2D eigenvalue weighted by Crippen LogP contribution is -2.48. The zero-order chi connectivity index (χ0) is 22.5. The zero-order valence-electron chi connectivity index (χ0n) is 18.6. The van der Waals surface area contributed by atoms with Gasteiger partial charge in [-0.3, -0.25) is 24.2 Å². The highest BCUT2D eigenvalue weighted by molar-refractivity contribution is 5.99. The summed E-state index contributed by atoms with van der Waals surface area (Å²) in [4.78, 5) is 41.5.